The molecule has 24 heteroatoms. The molecule has 0 spiro atoms. The third-order valence-corrected chi connectivity index (χ3v) is 11.3. The Morgan fingerprint density at radius 3 is 1.85 bits per heavy atom. The molecule has 0 saturated carbocycles. The maximum absolute atomic E-state index is 12.8. The van der Waals surface area contributed by atoms with Crippen molar-refractivity contribution < 1.29 is 99.4 Å². The number of hydrogen-bond donors (Lipinski definition) is 6. The Balaban J connectivity index is 0.000000543. The third-order valence-electron chi connectivity index (χ3n) is 8.09. The minimum absolute atomic E-state index is 0. The number of ketones is 1. The van der Waals surface area contributed by atoms with Crippen LogP contribution in [-0.4, -0.2) is 155 Å². The summed E-state index contributed by atoms with van der Waals surface area (Å²) in [6.45, 7) is 7.62. The predicted octanol–water partition coefficient (Wildman–Crippen LogP) is -0.227. The number of methoxy groups -OCH3 is 1. The predicted molar refractivity (Wildman–Crippen MR) is 220 cm³/mol. The van der Waals surface area contributed by atoms with Crippen LogP contribution in [0.2, 0.25) is 0 Å². The molecular weight excluding hydrogens is 874 g/mol. The van der Waals surface area contributed by atoms with E-state index in [1.165, 1.54) is 13.2 Å². The molecule has 20 nitrogen and oxygen atoms in total. The minimum atomic E-state index is -4.57. The van der Waals surface area contributed by atoms with Crippen LogP contribution in [0.15, 0.2) is 74.6 Å². The number of aromatic nitrogens is 1. The van der Waals surface area contributed by atoms with Gasteiger partial charge in [-0.05, 0) is 67.9 Å². The fraction of sp³-hybridized carbons (Fsp3) is 0.432. The second-order valence-corrected chi connectivity index (χ2v) is 16.3. The van der Waals surface area contributed by atoms with Crippen LogP contribution < -0.4 is 39.6 Å². The number of Topliss-reactive ketones (excluding diaryl/α,β-unsaturated/α-hetero) is 1. The number of carbonyl (C=O) groups excluding carboxylic acids is 2. The number of ether oxygens (including phenoxy) is 4. The Hall–Kier alpha value is -3.37. The molecule has 0 aliphatic carbocycles. The van der Waals surface area contributed by atoms with E-state index in [1.807, 2.05) is 0 Å². The van der Waals surface area contributed by atoms with E-state index in [9.17, 15) is 35.5 Å². The van der Waals surface area contributed by atoms with Gasteiger partial charge in [0.2, 0.25) is 6.04 Å². The van der Waals surface area contributed by atoms with Gasteiger partial charge in [0.25, 0.3) is 26.1 Å². The van der Waals surface area contributed by atoms with Gasteiger partial charge < -0.3 is 39.6 Å². The molecule has 0 aliphatic rings. The summed E-state index contributed by atoms with van der Waals surface area (Å²) in [4.78, 5) is 30.9. The van der Waals surface area contributed by atoms with E-state index in [1.54, 1.807) is 43.3 Å². The Morgan fingerprint density at radius 2 is 1.38 bits per heavy atom. The number of aryl methyl sites for hydroxylation is 1. The van der Waals surface area contributed by atoms with Crippen LogP contribution in [0.5, 0.6) is 5.75 Å². The number of fused-ring (bicyclic) bond motifs is 1. The zero-order valence-corrected chi connectivity index (χ0v) is 38.5. The first kappa shape index (κ1) is 53.8. The summed E-state index contributed by atoms with van der Waals surface area (Å²) in [6.07, 6.45) is 0. The number of nitrogens with one attached hydrogen (secondary N) is 1. The molecule has 3 aromatic carbocycles. The van der Waals surface area contributed by atoms with Crippen molar-refractivity contribution in [1.82, 2.24) is 9.88 Å². The molecular formula is C37H49N5NaO15S3+. The van der Waals surface area contributed by atoms with Crippen molar-refractivity contribution in [3.63, 3.8) is 0 Å². The zero-order chi connectivity index (χ0) is 44.3. The fourth-order valence-corrected chi connectivity index (χ4v) is 8.01. The van der Waals surface area contributed by atoms with Gasteiger partial charge >= 0.3 is 29.6 Å². The van der Waals surface area contributed by atoms with E-state index < -0.39 is 42.9 Å². The van der Waals surface area contributed by atoms with Crippen LogP contribution in [-0.2, 0) is 44.0 Å². The number of aliphatic hydroxyl groups is 3. The van der Waals surface area contributed by atoms with Crippen LogP contribution in [0.25, 0.3) is 20.8 Å². The maximum atomic E-state index is 12.8. The first-order valence-corrected chi connectivity index (χ1v) is 21.9. The molecule has 330 valence electrons. The Labute approximate surface area is 379 Å². The SMILES string of the molecule is COc1ccc(S(=O)(=O)O)cc1NC(=O)C(N=Nc1ccc(-c2nc3ccc(C)c(S(=O)(=O)O)c3s2)cc1)C(C)=O.OCCOCCN(CCOCCO)CCOCCO.[Na+]. The normalized spacial score (nSPS) is 12.2. The van der Waals surface area contributed by atoms with Gasteiger partial charge in [0.15, 0.2) is 5.78 Å². The molecule has 1 atom stereocenters. The average molecular weight is 923 g/mol. The van der Waals surface area contributed by atoms with Crippen molar-refractivity contribution in [2.24, 2.45) is 10.2 Å². The molecule has 0 radical (unpaired) electrons. The van der Waals surface area contributed by atoms with Crippen LogP contribution in [0.3, 0.4) is 0 Å². The van der Waals surface area contributed by atoms with Gasteiger partial charge in [0.1, 0.15) is 15.7 Å². The van der Waals surface area contributed by atoms with E-state index >= 15 is 0 Å². The van der Waals surface area contributed by atoms with E-state index in [4.69, 9.17) is 34.3 Å². The van der Waals surface area contributed by atoms with Gasteiger partial charge in [-0.2, -0.15) is 27.1 Å². The number of benzene rings is 3. The number of carbonyl (C=O) groups is 2. The number of anilines is 1. The smallest absolute Gasteiger partial charge is 0.495 e. The van der Waals surface area contributed by atoms with Crippen LogP contribution in [0, 0.1) is 6.92 Å². The van der Waals surface area contributed by atoms with Crippen LogP contribution in [0.4, 0.5) is 11.4 Å². The first-order valence-electron chi connectivity index (χ1n) is 18.2. The number of amides is 1. The molecule has 4 rings (SSSR count). The summed E-state index contributed by atoms with van der Waals surface area (Å²) in [6, 6.07) is 11.3. The number of aliphatic hydroxyl groups excluding tert-OH is 3. The van der Waals surface area contributed by atoms with E-state index in [-0.39, 0.29) is 71.4 Å². The second kappa shape index (κ2) is 27.0. The molecule has 6 N–H and O–H groups in total. The number of hydrogen-bond acceptors (Lipinski definition) is 18. The summed E-state index contributed by atoms with van der Waals surface area (Å²) in [5, 5.41) is 36.5. The Kier molecular flexibility index (Phi) is 23.8. The molecule has 1 amide bonds. The quantitative estimate of drug-likeness (QED) is 0.0174. The van der Waals surface area contributed by atoms with E-state index in [0.717, 1.165) is 50.0 Å². The Bertz CT molecular complexity index is 2230. The van der Waals surface area contributed by atoms with Crippen molar-refractivity contribution in [2.45, 2.75) is 29.7 Å². The molecule has 61 heavy (non-hydrogen) atoms. The van der Waals surface area contributed by atoms with Gasteiger partial charge in [-0.1, -0.05) is 6.07 Å². The second-order valence-electron chi connectivity index (χ2n) is 12.5. The summed E-state index contributed by atoms with van der Waals surface area (Å²) in [5.41, 5.74) is 1.59. The average Bonchev–Trinajstić information content (AvgIpc) is 3.63. The summed E-state index contributed by atoms with van der Waals surface area (Å²) < 4.78 is 86.7. The molecule has 0 bridgehead atoms. The topological polar surface area (TPSA) is 293 Å². The van der Waals surface area contributed by atoms with Gasteiger partial charge in [-0.25, -0.2) is 4.98 Å². The van der Waals surface area contributed by atoms with Crippen molar-refractivity contribution in [3.05, 3.63) is 60.2 Å². The third kappa shape index (κ3) is 17.7. The standard InChI is InChI=1S/C25H22N4O9S3.C12H27NO6.Na/c1-13-4-10-18-22(23(13)41(35,36)37)39-25(27-18)15-5-7-16(8-6-15)28-29-21(14(2)30)24(31)26-19-12-17(40(32,33)34)9-11-20(19)38-3;14-4-10-17-7-1-13(2-8-18-11-5-15)3-9-19-12-6-16;/h4-12,21H,1-3H3,(H,26,31)(H,32,33,34)(H,35,36,37);14-16H,1-12H2;/q;;+1. The molecule has 0 aliphatic heterocycles. The molecule has 1 aromatic heterocycles. The summed E-state index contributed by atoms with van der Waals surface area (Å²) >= 11 is 1.09. The van der Waals surface area contributed by atoms with Crippen molar-refractivity contribution >= 4 is 64.9 Å². The molecule has 0 fully saturated rings. The fourth-order valence-electron chi connectivity index (χ4n) is 5.19. The Morgan fingerprint density at radius 1 is 0.820 bits per heavy atom. The van der Waals surface area contributed by atoms with Crippen LogP contribution in [0.1, 0.15) is 12.5 Å². The van der Waals surface area contributed by atoms with Gasteiger partial charge in [0, 0.05) is 25.2 Å². The maximum Gasteiger partial charge on any atom is 1.00 e. The number of rotatable bonds is 24. The minimum Gasteiger partial charge on any atom is -0.495 e. The van der Waals surface area contributed by atoms with Gasteiger partial charge in [-0.3, -0.25) is 23.6 Å². The summed E-state index contributed by atoms with van der Waals surface area (Å²) in [5.74, 6) is -1.48. The molecule has 0 saturated heterocycles. The molecule has 1 unspecified atom stereocenters. The van der Waals surface area contributed by atoms with Crippen molar-refractivity contribution in [2.75, 3.05) is 91.5 Å². The van der Waals surface area contributed by atoms with Crippen molar-refractivity contribution in [1.29, 1.82) is 0 Å². The van der Waals surface area contributed by atoms with Crippen molar-refractivity contribution in [3.8, 4) is 16.3 Å². The first-order chi connectivity index (χ1) is 28.5. The number of thiazole rings is 1. The molecule has 1 heterocycles. The van der Waals surface area contributed by atoms with E-state index in [2.05, 4.69) is 25.4 Å². The van der Waals surface area contributed by atoms with Gasteiger partial charge in [-0.15, -0.1) is 11.3 Å². The number of azo groups is 1. The van der Waals surface area contributed by atoms with E-state index in [0.29, 0.717) is 66.0 Å². The monoisotopic (exact) mass is 922 g/mol. The largest absolute Gasteiger partial charge is 1.00 e. The summed E-state index contributed by atoms with van der Waals surface area (Å²) in [7, 11) is -7.74. The van der Waals surface area contributed by atoms with Crippen LogP contribution >= 0.6 is 11.3 Å². The number of nitrogens with zero attached hydrogens (tertiary/aromatic N) is 4. The van der Waals surface area contributed by atoms with Gasteiger partial charge in [0.05, 0.1) is 93.1 Å². The molecule has 4 aromatic rings. The zero-order valence-electron chi connectivity index (χ0n) is 34.1.